The highest BCUT2D eigenvalue weighted by molar-refractivity contribution is 7.13. The van der Waals surface area contributed by atoms with Crippen LogP contribution in [0, 0.1) is 0 Å². The monoisotopic (exact) mass is 638 g/mol. The summed E-state index contributed by atoms with van der Waals surface area (Å²) in [5, 5.41) is 10.8. The standard InChI is InChI=1S/C27H29Cl3N6O4S/c1-35(9-10-36-7-3-4-8-36)27(39)32-13-16-15-41-24(22(16)30)26(38)34-23-19(11-18(29)12-20(23)40-2)25(37)33-21-6-5-17(28)14-31-21/h5-6,11-12,14-15H,3-4,7-10,13H2,1-2H3,(H,32,39)(H,34,38)(H,31,33,37). The van der Waals surface area contributed by atoms with Gasteiger partial charge in [-0.15, -0.1) is 11.3 Å². The number of anilines is 2. The second-order valence-corrected chi connectivity index (χ2v) is 11.5. The number of carbonyl (C=O) groups excluding carboxylic acids is 3. The van der Waals surface area contributed by atoms with E-state index in [4.69, 9.17) is 39.5 Å². The molecule has 0 spiro atoms. The van der Waals surface area contributed by atoms with Crippen LogP contribution in [0.15, 0.2) is 35.8 Å². The average molecular weight is 640 g/mol. The van der Waals surface area contributed by atoms with E-state index in [0.717, 1.165) is 31.0 Å². The van der Waals surface area contributed by atoms with Crippen molar-refractivity contribution in [3.05, 3.63) is 66.9 Å². The van der Waals surface area contributed by atoms with E-state index in [-0.39, 0.29) is 50.3 Å². The summed E-state index contributed by atoms with van der Waals surface area (Å²) in [4.78, 5) is 47.2. The van der Waals surface area contributed by atoms with Crippen molar-refractivity contribution in [2.75, 3.05) is 51.0 Å². The van der Waals surface area contributed by atoms with E-state index in [1.165, 1.54) is 44.3 Å². The van der Waals surface area contributed by atoms with Crippen LogP contribution in [0.2, 0.25) is 15.1 Å². The zero-order valence-corrected chi connectivity index (χ0v) is 25.5. The maximum Gasteiger partial charge on any atom is 0.317 e. The number of amides is 4. The number of carbonyl (C=O) groups is 3. The first kappa shape index (κ1) is 30.9. The Balaban J connectivity index is 1.44. The molecule has 218 valence electrons. The first-order chi connectivity index (χ1) is 19.7. The molecule has 1 aliphatic rings. The quantitative estimate of drug-likeness (QED) is 0.256. The van der Waals surface area contributed by atoms with E-state index in [2.05, 4.69) is 25.8 Å². The van der Waals surface area contributed by atoms with Gasteiger partial charge < -0.3 is 30.5 Å². The topological polar surface area (TPSA) is 116 Å². The van der Waals surface area contributed by atoms with E-state index in [9.17, 15) is 14.4 Å². The minimum Gasteiger partial charge on any atom is -0.494 e. The number of rotatable bonds is 10. The molecule has 3 aromatic rings. The first-order valence-electron chi connectivity index (χ1n) is 12.7. The van der Waals surface area contributed by atoms with Gasteiger partial charge in [-0.3, -0.25) is 9.59 Å². The van der Waals surface area contributed by atoms with E-state index in [1.807, 2.05) is 0 Å². The number of likely N-dealkylation sites (tertiary alicyclic amines) is 1. The molecule has 3 heterocycles. The summed E-state index contributed by atoms with van der Waals surface area (Å²) in [7, 11) is 3.14. The number of ether oxygens (including phenoxy) is 1. The first-order valence-corrected chi connectivity index (χ1v) is 14.8. The predicted molar refractivity (Wildman–Crippen MR) is 163 cm³/mol. The third-order valence-corrected chi connectivity index (χ3v) is 8.49. The Morgan fingerprint density at radius 3 is 2.51 bits per heavy atom. The van der Waals surface area contributed by atoms with Crippen molar-refractivity contribution in [2.45, 2.75) is 19.4 Å². The molecule has 0 radical (unpaired) electrons. The molecule has 0 saturated carbocycles. The highest BCUT2D eigenvalue weighted by Crippen LogP contribution is 2.35. The average Bonchev–Trinajstić information content (AvgIpc) is 3.61. The molecule has 3 N–H and O–H groups in total. The zero-order valence-electron chi connectivity index (χ0n) is 22.4. The third kappa shape index (κ3) is 8.02. The summed E-state index contributed by atoms with van der Waals surface area (Å²) in [5.74, 6) is -0.701. The molecule has 0 unspecified atom stereocenters. The molecule has 41 heavy (non-hydrogen) atoms. The maximum absolute atomic E-state index is 13.3. The van der Waals surface area contributed by atoms with Crippen LogP contribution >= 0.6 is 46.1 Å². The number of hydrogen-bond donors (Lipinski definition) is 3. The van der Waals surface area contributed by atoms with Crippen LogP contribution in [0.25, 0.3) is 0 Å². The van der Waals surface area contributed by atoms with Gasteiger partial charge in [0.2, 0.25) is 0 Å². The molecule has 0 aliphatic carbocycles. The predicted octanol–water partition coefficient (Wildman–Crippen LogP) is 5.85. The Bertz CT molecular complexity index is 1410. The molecule has 0 bridgehead atoms. The van der Waals surface area contributed by atoms with Crippen molar-refractivity contribution >= 4 is 75.5 Å². The van der Waals surface area contributed by atoms with Gasteiger partial charge in [-0.25, -0.2) is 9.78 Å². The minimum atomic E-state index is -0.578. The van der Waals surface area contributed by atoms with Gasteiger partial charge in [0, 0.05) is 49.5 Å². The Hall–Kier alpha value is -3.09. The summed E-state index contributed by atoms with van der Waals surface area (Å²) < 4.78 is 5.40. The smallest absolute Gasteiger partial charge is 0.317 e. The highest BCUT2D eigenvalue weighted by Gasteiger charge is 2.24. The number of likely N-dealkylation sites (N-methyl/N-ethyl adjacent to an activating group) is 1. The fraction of sp³-hybridized carbons (Fsp3) is 0.333. The van der Waals surface area contributed by atoms with Crippen LogP contribution in [-0.4, -0.2) is 73.0 Å². The number of thiophene rings is 1. The fourth-order valence-electron chi connectivity index (χ4n) is 4.21. The van der Waals surface area contributed by atoms with Crippen molar-refractivity contribution in [3.8, 4) is 5.75 Å². The Morgan fingerprint density at radius 1 is 1.07 bits per heavy atom. The molecular weight excluding hydrogens is 611 g/mol. The Labute approximate surface area is 256 Å². The van der Waals surface area contributed by atoms with E-state index >= 15 is 0 Å². The van der Waals surface area contributed by atoms with Gasteiger partial charge in [0.1, 0.15) is 16.4 Å². The van der Waals surface area contributed by atoms with Gasteiger partial charge in [-0.1, -0.05) is 34.8 Å². The molecule has 14 heteroatoms. The van der Waals surface area contributed by atoms with Crippen molar-refractivity contribution in [2.24, 2.45) is 0 Å². The van der Waals surface area contributed by atoms with Gasteiger partial charge in [0.25, 0.3) is 11.8 Å². The van der Waals surface area contributed by atoms with Crippen LogP contribution in [0.3, 0.4) is 0 Å². The number of pyridine rings is 1. The second-order valence-electron chi connectivity index (χ2n) is 9.33. The summed E-state index contributed by atoms with van der Waals surface area (Å²) in [6.45, 7) is 3.74. The largest absolute Gasteiger partial charge is 0.494 e. The van der Waals surface area contributed by atoms with Crippen molar-refractivity contribution < 1.29 is 19.1 Å². The summed E-state index contributed by atoms with van der Waals surface area (Å²) in [5.41, 5.74) is 0.752. The lowest BCUT2D eigenvalue weighted by molar-refractivity contribution is 0.102. The van der Waals surface area contributed by atoms with E-state index < -0.39 is 11.8 Å². The lowest BCUT2D eigenvalue weighted by Crippen LogP contribution is -2.41. The van der Waals surface area contributed by atoms with Gasteiger partial charge in [-0.2, -0.15) is 0 Å². The summed E-state index contributed by atoms with van der Waals surface area (Å²) in [6, 6.07) is 5.77. The molecule has 0 atom stereocenters. The number of halogens is 3. The molecule has 1 saturated heterocycles. The molecule has 1 fully saturated rings. The molecule has 2 aromatic heterocycles. The van der Waals surface area contributed by atoms with Gasteiger partial charge in [0.05, 0.1) is 28.4 Å². The van der Waals surface area contributed by atoms with Crippen LogP contribution in [-0.2, 0) is 6.54 Å². The summed E-state index contributed by atoms with van der Waals surface area (Å²) in [6.07, 6.45) is 3.79. The molecule has 1 aromatic carbocycles. The fourth-order valence-corrected chi connectivity index (χ4v) is 5.79. The Kier molecular flexibility index (Phi) is 10.7. The molecule has 4 amide bonds. The van der Waals surface area contributed by atoms with Gasteiger partial charge in [0.15, 0.2) is 0 Å². The van der Waals surface area contributed by atoms with E-state index in [0.29, 0.717) is 17.1 Å². The number of nitrogens with one attached hydrogen (secondary N) is 3. The zero-order chi connectivity index (χ0) is 29.5. The molecule has 1 aliphatic heterocycles. The van der Waals surface area contributed by atoms with E-state index in [1.54, 1.807) is 23.4 Å². The second kappa shape index (κ2) is 14.2. The van der Waals surface area contributed by atoms with Crippen molar-refractivity contribution in [1.29, 1.82) is 0 Å². The van der Waals surface area contributed by atoms with Crippen LogP contribution in [0.1, 0.15) is 38.4 Å². The number of nitrogens with zero attached hydrogens (tertiary/aromatic N) is 3. The highest BCUT2D eigenvalue weighted by atomic mass is 35.5. The van der Waals surface area contributed by atoms with Crippen LogP contribution in [0.4, 0.5) is 16.3 Å². The summed E-state index contributed by atoms with van der Waals surface area (Å²) >= 11 is 19.8. The van der Waals surface area contributed by atoms with Gasteiger partial charge in [-0.05, 0) is 49.5 Å². The minimum absolute atomic E-state index is 0.0524. The normalized spacial score (nSPS) is 13.1. The van der Waals surface area contributed by atoms with Crippen LogP contribution < -0.4 is 20.7 Å². The Morgan fingerprint density at radius 2 is 1.83 bits per heavy atom. The molecular formula is C27H29Cl3N6O4S. The van der Waals surface area contributed by atoms with Crippen LogP contribution in [0.5, 0.6) is 5.75 Å². The van der Waals surface area contributed by atoms with Gasteiger partial charge >= 0.3 is 6.03 Å². The number of benzene rings is 1. The molecule has 4 rings (SSSR count). The SMILES string of the molecule is COc1cc(Cl)cc(C(=O)Nc2ccc(Cl)cn2)c1NC(=O)c1scc(CNC(=O)N(C)CCN2CCCC2)c1Cl. The van der Waals surface area contributed by atoms with Crippen molar-refractivity contribution in [1.82, 2.24) is 20.1 Å². The molecule has 10 nitrogen and oxygen atoms in total. The maximum atomic E-state index is 13.3. The number of aromatic nitrogens is 1. The lowest BCUT2D eigenvalue weighted by atomic mass is 10.1. The number of methoxy groups -OCH3 is 1. The number of urea groups is 1. The van der Waals surface area contributed by atoms with Crippen molar-refractivity contribution in [3.63, 3.8) is 0 Å². The lowest BCUT2D eigenvalue weighted by Gasteiger charge is -2.21. The third-order valence-electron chi connectivity index (χ3n) is 6.47. The number of hydrogen-bond acceptors (Lipinski definition) is 7.